The number of hydrogen-bond acceptors (Lipinski definition) is 5. The van der Waals surface area contributed by atoms with Crippen LogP contribution in [0.1, 0.15) is 36.1 Å². The number of amides is 1. The van der Waals surface area contributed by atoms with E-state index in [-0.39, 0.29) is 18.5 Å². The van der Waals surface area contributed by atoms with Crippen LogP contribution in [0.15, 0.2) is 42.7 Å². The van der Waals surface area contributed by atoms with E-state index in [0.717, 1.165) is 0 Å². The number of imidazole rings is 1. The number of carbonyl (C=O) groups is 1. The maximum Gasteiger partial charge on any atom is 0.287 e. The van der Waals surface area contributed by atoms with Gasteiger partial charge in [0.05, 0.1) is 23.4 Å². The zero-order valence-corrected chi connectivity index (χ0v) is 18.4. The van der Waals surface area contributed by atoms with Crippen molar-refractivity contribution in [3.05, 3.63) is 64.2 Å². The van der Waals surface area contributed by atoms with Crippen LogP contribution in [0.3, 0.4) is 0 Å². The van der Waals surface area contributed by atoms with Crippen LogP contribution in [0.4, 0.5) is 5.82 Å². The van der Waals surface area contributed by atoms with Crippen LogP contribution in [0.5, 0.6) is 0 Å². The van der Waals surface area contributed by atoms with Gasteiger partial charge in [0.25, 0.3) is 5.91 Å². The number of anilines is 1. The number of aryl methyl sites for hydroxylation is 1. The number of aromatic nitrogens is 3. The van der Waals surface area contributed by atoms with Crippen molar-refractivity contribution < 1.29 is 9.90 Å². The fourth-order valence-electron chi connectivity index (χ4n) is 3.00. The van der Waals surface area contributed by atoms with Crippen molar-refractivity contribution in [1.82, 2.24) is 19.9 Å². The van der Waals surface area contributed by atoms with E-state index < -0.39 is 11.9 Å². The minimum Gasteiger partial charge on any atom is -0.394 e. The topological polar surface area (TPSA) is 92.1 Å². The van der Waals surface area contributed by atoms with Gasteiger partial charge in [-0.05, 0) is 37.6 Å². The van der Waals surface area contributed by atoms with Crippen LogP contribution in [0.25, 0.3) is 11.3 Å². The Morgan fingerprint density at radius 3 is 2.70 bits per heavy atom. The molecule has 0 bridgehead atoms. The Balaban J connectivity index is 1.86. The average molecular weight is 448 g/mol. The third kappa shape index (κ3) is 5.11. The number of nitrogens with zero attached hydrogens (tertiary/aromatic N) is 3. The number of nitrogens with one attached hydrogen (secondary N) is 2. The molecule has 2 heterocycles. The van der Waals surface area contributed by atoms with Crippen molar-refractivity contribution in [2.24, 2.45) is 7.05 Å². The van der Waals surface area contributed by atoms with Crippen molar-refractivity contribution in [3.8, 4) is 11.3 Å². The normalized spacial score (nSPS) is 12.1. The van der Waals surface area contributed by atoms with Crippen LogP contribution >= 0.6 is 23.2 Å². The average Bonchev–Trinajstić information content (AvgIpc) is 3.08. The highest BCUT2D eigenvalue weighted by atomic mass is 35.5. The van der Waals surface area contributed by atoms with Gasteiger partial charge in [-0.15, -0.1) is 0 Å². The van der Waals surface area contributed by atoms with E-state index in [1.54, 1.807) is 54.3 Å². The third-order valence-electron chi connectivity index (χ3n) is 4.39. The standard InChI is InChI=1S/C21H23Cl2N5O2/c1-12(2)25-19-8-15(16(23)9-24-19)17-10-28(3)20(26-17)21(30)27-18(11-29)13-5-4-6-14(22)7-13/h4-10,12,18,29H,11H2,1-3H3,(H,24,25)(H,27,30)/t18-/m1/s1. The van der Waals surface area contributed by atoms with Crippen LogP contribution in [-0.2, 0) is 7.05 Å². The minimum absolute atomic E-state index is 0.191. The van der Waals surface area contributed by atoms with Crippen LogP contribution < -0.4 is 10.6 Å². The Bertz CT molecular complexity index is 1050. The molecule has 3 aromatic rings. The van der Waals surface area contributed by atoms with E-state index in [4.69, 9.17) is 23.2 Å². The molecule has 9 heteroatoms. The lowest BCUT2D eigenvalue weighted by Gasteiger charge is -2.16. The van der Waals surface area contributed by atoms with E-state index in [1.807, 2.05) is 13.8 Å². The second-order valence-corrected chi connectivity index (χ2v) is 8.02. The van der Waals surface area contributed by atoms with Crippen molar-refractivity contribution in [2.75, 3.05) is 11.9 Å². The molecule has 0 saturated heterocycles. The van der Waals surface area contributed by atoms with Crippen molar-refractivity contribution >= 4 is 34.9 Å². The second kappa shape index (κ2) is 9.47. The summed E-state index contributed by atoms with van der Waals surface area (Å²) in [5.41, 5.74) is 1.91. The quantitative estimate of drug-likeness (QED) is 0.507. The molecular formula is C21H23Cl2N5O2. The summed E-state index contributed by atoms with van der Waals surface area (Å²) in [5, 5.41) is 16.7. The molecule has 3 N–H and O–H groups in total. The van der Waals surface area contributed by atoms with Gasteiger partial charge in [-0.2, -0.15) is 0 Å². The van der Waals surface area contributed by atoms with Gasteiger partial charge in [-0.3, -0.25) is 4.79 Å². The fourth-order valence-corrected chi connectivity index (χ4v) is 3.40. The van der Waals surface area contributed by atoms with Crippen LogP contribution in [0.2, 0.25) is 10.0 Å². The van der Waals surface area contributed by atoms with Crippen LogP contribution in [-0.4, -0.2) is 38.2 Å². The highest BCUT2D eigenvalue weighted by Crippen LogP contribution is 2.29. The van der Waals surface area contributed by atoms with Gasteiger partial charge in [0.15, 0.2) is 5.82 Å². The largest absolute Gasteiger partial charge is 0.394 e. The molecule has 1 atom stereocenters. The first-order valence-electron chi connectivity index (χ1n) is 9.41. The number of carbonyl (C=O) groups excluding carboxylic acids is 1. The molecule has 2 aromatic heterocycles. The van der Waals surface area contributed by atoms with Crippen LogP contribution in [0, 0.1) is 0 Å². The lowest BCUT2D eigenvalue weighted by atomic mass is 10.1. The molecule has 158 valence electrons. The SMILES string of the molecule is CC(C)Nc1cc(-c2cn(C)c(C(=O)N[C@H](CO)c3cccc(Cl)c3)n2)c(Cl)cn1. The van der Waals surface area contributed by atoms with E-state index in [1.165, 1.54) is 0 Å². The second-order valence-electron chi connectivity index (χ2n) is 7.17. The molecule has 0 saturated carbocycles. The minimum atomic E-state index is -0.609. The zero-order valence-electron chi connectivity index (χ0n) is 16.9. The molecule has 0 aliphatic rings. The Labute approximate surface area is 185 Å². The Morgan fingerprint density at radius 1 is 1.27 bits per heavy atom. The fraction of sp³-hybridized carbons (Fsp3) is 0.286. The van der Waals surface area contributed by atoms with E-state index in [2.05, 4.69) is 20.6 Å². The van der Waals surface area contributed by atoms with Crippen molar-refractivity contribution in [1.29, 1.82) is 0 Å². The van der Waals surface area contributed by atoms with Gasteiger partial charge in [0, 0.05) is 36.1 Å². The molecule has 0 fully saturated rings. The van der Waals surface area contributed by atoms with E-state index >= 15 is 0 Å². The summed E-state index contributed by atoms with van der Waals surface area (Å²) < 4.78 is 1.61. The Hall–Kier alpha value is -2.61. The zero-order chi connectivity index (χ0) is 21.8. The maximum absolute atomic E-state index is 12.8. The number of pyridine rings is 1. The van der Waals surface area contributed by atoms with Gasteiger partial charge < -0.3 is 20.3 Å². The first-order valence-corrected chi connectivity index (χ1v) is 10.2. The van der Waals surface area contributed by atoms with E-state index in [9.17, 15) is 9.90 Å². The molecule has 7 nitrogen and oxygen atoms in total. The summed E-state index contributed by atoms with van der Waals surface area (Å²) >= 11 is 12.3. The van der Waals surface area contributed by atoms with E-state index in [0.29, 0.717) is 32.7 Å². The Morgan fingerprint density at radius 2 is 2.03 bits per heavy atom. The number of aliphatic hydroxyl groups is 1. The molecule has 30 heavy (non-hydrogen) atoms. The van der Waals surface area contributed by atoms with Gasteiger partial charge >= 0.3 is 0 Å². The van der Waals surface area contributed by atoms with Gasteiger partial charge in [0.2, 0.25) is 0 Å². The monoisotopic (exact) mass is 447 g/mol. The number of halogens is 2. The molecule has 0 unspecified atom stereocenters. The lowest BCUT2D eigenvalue weighted by molar-refractivity contribution is 0.0902. The predicted molar refractivity (Wildman–Crippen MR) is 119 cm³/mol. The summed E-state index contributed by atoms with van der Waals surface area (Å²) in [6.45, 7) is 3.75. The molecule has 0 spiro atoms. The van der Waals surface area contributed by atoms with Gasteiger partial charge in [-0.1, -0.05) is 35.3 Å². The number of rotatable bonds is 7. The highest BCUT2D eigenvalue weighted by molar-refractivity contribution is 6.33. The highest BCUT2D eigenvalue weighted by Gasteiger charge is 2.21. The maximum atomic E-state index is 12.8. The first kappa shape index (κ1) is 22.1. The summed E-state index contributed by atoms with van der Waals surface area (Å²) in [5.74, 6) is 0.438. The lowest BCUT2D eigenvalue weighted by Crippen LogP contribution is -2.32. The molecule has 0 radical (unpaired) electrons. The number of hydrogen-bond donors (Lipinski definition) is 3. The molecule has 1 amide bonds. The smallest absolute Gasteiger partial charge is 0.287 e. The molecule has 3 rings (SSSR count). The summed E-state index contributed by atoms with van der Waals surface area (Å²) in [4.78, 5) is 21.6. The number of aliphatic hydroxyl groups excluding tert-OH is 1. The first-order chi connectivity index (χ1) is 14.3. The third-order valence-corrected chi connectivity index (χ3v) is 4.92. The van der Waals surface area contributed by atoms with Gasteiger partial charge in [-0.25, -0.2) is 9.97 Å². The molecular weight excluding hydrogens is 425 g/mol. The Kier molecular flexibility index (Phi) is 6.97. The summed E-state index contributed by atoms with van der Waals surface area (Å²) in [7, 11) is 1.72. The van der Waals surface area contributed by atoms with Gasteiger partial charge in [0.1, 0.15) is 5.82 Å². The van der Waals surface area contributed by atoms with Crippen molar-refractivity contribution in [3.63, 3.8) is 0 Å². The number of benzene rings is 1. The predicted octanol–water partition coefficient (Wildman–Crippen LogP) is 4.07. The summed E-state index contributed by atoms with van der Waals surface area (Å²) in [6, 6.07) is 8.38. The molecule has 1 aromatic carbocycles. The molecule has 0 aliphatic carbocycles. The van der Waals surface area contributed by atoms with Crippen molar-refractivity contribution in [2.45, 2.75) is 25.9 Å². The summed E-state index contributed by atoms with van der Waals surface area (Å²) in [6.07, 6.45) is 3.28. The molecule has 0 aliphatic heterocycles.